The average molecular weight is 192 g/mol. The summed E-state index contributed by atoms with van der Waals surface area (Å²) in [6, 6.07) is 0. The highest BCUT2D eigenvalue weighted by molar-refractivity contribution is 6.50. The van der Waals surface area contributed by atoms with Crippen molar-refractivity contribution in [3.8, 4) is 0 Å². The lowest BCUT2D eigenvalue weighted by Crippen LogP contribution is -2.29. The van der Waals surface area contributed by atoms with Crippen molar-refractivity contribution < 1.29 is 0 Å². The van der Waals surface area contributed by atoms with E-state index in [1.165, 1.54) is 0 Å². The Labute approximate surface area is 84.5 Å². The first-order valence-corrected chi connectivity index (χ1v) is 4.39. The van der Waals surface area contributed by atoms with Crippen LogP contribution < -0.4 is 0 Å². The van der Waals surface area contributed by atoms with Crippen LogP contribution in [0.15, 0.2) is 23.5 Å². The fourth-order valence-corrected chi connectivity index (χ4v) is 1.22. The highest BCUT2D eigenvalue weighted by Crippen LogP contribution is 2.15. The summed E-state index contributed by atoms with van der Waals surface area (Å²) < 4.78 is 0. The van der Waals surface area contributed by atoms with Crippen LogP contribution >= 0.6 is 0 Å². The summed E-state index contributed by atoms with van der Waals surface area (Å²) in [6.45, 7) is 0. The summed E-state index contributed by atoms with van der Waals surface area (Å²) in [5.41, 5.74) is 2.27. The Morgan fingerprint density at radius 2 is 1.50 bits per heavy atom. The summed E-state index contributed by atoms with van der Waals surface area (Å²) in [5, 5.41) is 15.4. The van der Waals surface area contributed by atoms with Crippen molar-refractivity contribution in [3.05, 3.63) is 23.5 Å². The predicted molar refractivity (Wildman–Crippen MR) is 59.0 cm³/mol. The van der Waals surface area contributed by atoms with E-state index in [1.54, 1.807) is 6.08 Å². The van der Waals surface area contributed by atoms with Gasteiger partial charge in [0.05, 0.1) is 11.4 Å². The Morgan fingerprint density at radius 3 is 1.93 bits per heavy atom. The van der Waals surface area contributed by atoms with Crippen LogP contribution in [0.25, 0.3) is 0 Å². The molecule has 0 radical (unpaired) electrons. The summed E-state index contributed by atoms with van der Waals surface area (Å²) in [6.07, 6.45) is 3.62. The van der Waals surface area contributed by atoms with Gasteiger partial charge in [-0.25, -0.2) is 0 Å². The third-order valence-electron chi connectivity index (χ3n) is 2.10. The summed E-state index contributed by atoms with van der Waals surface area (Å²) >= 11 is 0. The van der Waals surface area contributed by atoms with Crippen molar-refractivity contribution in [1.29, 1.82) is 10.8 Å². The monoisotopic (exact) mass is 192 g/mol. The second kappa shape index (κ2) is 3.65. The Hall–Kier alpha value is -1.58. The van der Waals surface area contributed by atoms with Crippen molar-refractivity contribution in [1.82, 2.24) is 9.80 Å². The van der Waals surface area contributed by atoms with Crippen LogP contribution in [0.4, 0.5) is 0 Å². The average Bonchev–Trinajstić information content (AvgIpc) is 2.08. The van der Waals surface area contributed by atoms with Gasteiger partial charge in [-0.3, -0.25) is 10.8 Å². The minimum absolute atomic E-state index is 0.264. The summed E-state index contributed by atoms with van der Waals surface area (Å²) in [7, 11) is 7.62. The van der Waals surface area contributed by atoms with E-state index in [0.717, 1.165) is 11.4 Å². The third-order valence-corrected chi connectivity index (χ3v) is 2.10. The molecule has 0 aliphatic heterocycles. The van der Waals surface area contributed by atoms with Gasteiger partial charge >= 0.3 is 0 Å². The maximum atomic E-state index is 7.72. The van der Waals surface area contributed by atoms with Crippen LogP contribution in [-0.4, -0.2) is 49.4 Å². The SMILES string of the molecule is CN(C)C1=CC(=N)C(=N)C(N(C)C)=C1. The van der Waals surface area contributed by atoms with Crippen molar-refractivity contribution in [3.63, 3.8) is 0 Å². The second-order valence-corrected chi connectivity index (χ2v) is 3.68. The zero-order valence-corrected chi connectivity index (χ0v) is 9.05. The van der Waals surface area contributed by atoms with Crippen LogP contribution in [-0.2, 0) is 0 Å². The molecule has 0 saturated carbocycles. The lowest BCUT2D eigenvalue weighted by Gasteiger charge is -2.25. The number of hydrogen-bond acceptors (Lipinski definition) is 4. The van der Waals surface area contributed by atoms with E-state index in [4.69, 9.17) is 10.8 Å². The molecular weight excluding hydrogens is 176 g/mol. The minimum Gasteiger partial charge on any atom is -0.378 e. The molecule has 2 N–H and O–H groups in total. The van der Waals surface area contributed by atoms with Gasteiger partial charge < -0.3 is 9.80 Å². The first kappa shape index (κ1) is 10.5. The molecule has 1 aliphatic rings. The van der Waals surface area contributed by atoms with Crippen molar-refractivity contribution in [2.45, 2.75) is 0 Å². The molecule has 0 aromatic carbocycles. The molecule has 0 spiro atoms. The Morgan fingerprint density at radius 1 is 0.929 bits per heavy atom. The quantitative estimate of drug-likeness (QED) is 0.639. The van der Waals surface area contributed by atoms with Crippen molar-refractivity contribution in [2.24, 2.45) is 0 Å². The predicted octanol–water partition coefficient (Wildman–Crippen LogP) is 0.931. The molecule has 76 valence electrons. The minimum atomic E-state index is 0.264. The first-order chi connectivity index (χ1) is 6.43. The third kappa shape index (κ3) is 1.84. The van der Waals surface area contributed by atoms with E-state index in [1.807, 2.05) is 44.1 Å². The molecule has 0 amide bonds. The molecule has 4 heteroatoms. The van der Waals surface area contributed by atoms with E-state index in [2.05, 4.69) is 0 Å². The smallest absolute Gasteiger partial charge is 0.102 e. The van der Waals surface area contributed by atoms with Crippen molar-refractivity contribution >= 4 is 11.4 Å². The van der Waals surface area contributed by atoms with Gasteiger partial charge in [-0.05, 0) is 12.2 Å². The van der Waals surface area contributed by atoms with Crippen molar-refractivity contribution in [2.75, 3.05) is 28.2 Å². The Bertz CT molecular complexity index is 334. The number of allylic oxidation sites excluding steroid dienone is 3. The molecule has 0 unspecified atom stereocenters. The largest absolute Gasteiger partial charge is 0.378 e. The zero-order chi connectivity index (χ0) is 10.9. The van der Waals surface area contributed by atoms with E-state index in [-0.39, 0.29) is 11.4 Å². The Kier molecular flexibility index (Phi) is 2.74. The van der Waals surface area contributed by atoms with E-state index >= 15 is 0 Å². The topological polar surface area (TPSA) is 54.2 Å². The van der Waals surface area contributed by atoms with Gasteiger partial charge in [0.1, 0.15) is 5.71 Å². The maximum absolute atomic E-state index is 7.72. The van der Waals surface area contributed by atoms with Crippen LogP contribution in [0.5, 0.6) is 0 Å². The zero-order valence-electron chi connectivity index (χ0n) is 9.05. The molecule has 1 rings (SSSR count). The maximum Gasteiger partial charge on any atom is 0.102 e. The summed E-state index contributed by atoms with van der Waals surface area (Å²) in [4.78, 5) is 3.79. The number of nitrogens with zero attached hydrogens (tertiary/aromatic N) is 2. The molecule has 0 atom stereocenters. The molecule has 0 saturated heterocycles. The van der Waals surface area contributed by atoms with E-state index < -0.39 is 0 Å². The molecule has 0 aromatic heterocycles. The molecule has 14 heavy (non-hydrogen) atoms. The molecule has 0 heterocycles. The van der Waals surface area contributed by atoms with Gasteiger partial charge in [0, 0.05) is 33.9 Å². The Balaban J connectivity index is 3.10. The fourth-order valence-electron chi connectivity index (χ4n) is 1.22. The van der Waals surface area contributed by atoms with Gasteiger partial charge in [0.15, 0.2) is 0 Å². The first-order valence-electron chi connectivity index (χ1n) is 4.39. The highest BCUT2D eigenvalue weighted by atomic mass is 15.1. The van der Waals surface area contributed by atoms with Gasteiger partial charge in [-0.2, -0.15) is 0 Å². The normalized spacial score (nSPS) is 16.3. The molecule has 4 nitrogen and oxygen atoms in total. The van der Waals surface area contributed by atoms with Gasteiger partial charge in [0.25, 0.3) is 0 Å². The lowest BCUT2D eigenvalue weighted by atomic mass is 10.0. The van der Waals surface area contributed by atoms with E-state index in [0.29, 0.717) is 0 Å². The standard InChI is InChI=1S/C10H16N4/c1-13(2)7-5-8(11)10(12)9(6-7)14(3)4/h5-6,11-12H,1-4H3. The van der Waals surface area contributed by atoms with E-state index in [9.17, 15) is 0 Å². The number of hydrogen-bond donors (Lipinski definition) is 2. The highest BCUT2D eigenvalue weighted by Gasteiger charge is 2.17. The van der Waals surface area contributed by atoms with Crippen LogP contribution in [0, 0.1) is 10.8 Å². The number of likely N-dealkylation sites (N-methyl/N-ethyl adjacent to an activating group) is 1. The second-order valence-electron chi connectivity index (χ2n) is 3.68. The number of nitrogens with one attached hydrogen (secondary N) is 2. The van der Waals surface area contributed by atoms with Gasteiger partial charge in [-0.1, -0.05) is 0 Å². The fraction of sp³-hybridized carbons (Fsp3) is 0.400. The van der Waals surface area contributed by atoms with Gasteiger partial charge in [0.2, 0.25) is 0 Å². The van der Waals surface area contributed by atoms with Gasteiger partial charge in [-0.15, -0.1) is 0 Å². The van der Waals surface area contributed by atoms with Crippen LogP contribution in [0.1, 0.15) is 0 Å². The molecular formula is C10H16N4. The molecule has 1 aliphatic carbocycles. The van der Waals surface area contributed by atoms with Crippen LogP contribution in [0.2, 0.25) is 0 Å². The summed E-state index contributed by atoms with van der Waals surface area (Å²) in [5.74, 6) is 0. The number of rotatable bonds is 2. The molecule has 0 aromatic rings. The lowest BCUT2D eigenvalue weighted by molar-refractivity contribution is 0.510. The molecule has 0 fully saturated rings. The molecule has 0 bridgehead atoms. The van der Waals surface area contributed by atoms with Crippen LogP contribution in [0.3, 0.4) is 0 Å².